The fourth-order valence-corrected chi connectivity index (χ4v) is 1.88. The first-order valence-corrected chi connectivity index (χ1v) is 6.22. The summed E-state index contributed by atoms with van der Waals surface area (Å²) in [5.74, 6) is -1.60. The van der Waals surface area contributed by atoms with E-state index < -0.39 is 11.9 Å². The van der Waals surface area contributed by atoms with Crippen LogP contribution in [0.1, 0.15) is 22.8 Å². The van der Waals surface area contributed by atoms with E-state index in [1.165, 1.54) is 30.5 Å². The fraction of sp³-hybridized carbons (Fsp3) is 0.200. The predicted molar refractivity (Wildman–Crippen MR) is 71.2 cm³/mol. The Morgan fingerprint density at radius 1 is 1.25 bits per heavy atom. The van der Waals surface area contributed by atoms with E-state index in [-0.39, 0.29) is 17.4 Å². The highest BCUT2D eigenvalue weighted by atomic mass is 19.1. The predicted octanol–water partition coefficient (Wildman–Crippen LogP) is 2.72. The molecule has 1 aromatic carbocycles. The lowest BCUT2D eigenvalue weighted by molar-refractivity contribution is 0.0935. The van der Waals surface area contributed by atoms with Crippen LogP contribution in [0.3, 0.4) is 0 Å². The van der Waals surface area contributed by atoms with Crippen LogP contribution in [0.5, 0.6) is 0 Å². The summed E-state index contributed by atoms with van der Waals surface area (Å²) >= 11 is 0. The molecule has 0 saturated carbocycles. The van der Waals surface area contributed by atoms with Crippen molar-refractivity contribution in [2.45, 2.75) is 19.4 Å². The smallest absolute Gasteiger partial charge is 0.256 e. The molecule has 0 aliphatic rings. The molecule has 0 saturated heterocycles. The Hall–Kier alpha value is -2.30. The third kappa shape index (κ3) is 3.60. The minimum atomic E-state index is -0.793. The van der Waals surface area contributed by atoms with Crippen molar-refractivity contribution >= 4 is 5.91 Å². The van der Waals surface area contributed by atoms with E-state index in [1.807, 2.05) is 0 Å². The first-order valence-electron chi connectivity index (χ1n) is 6.22. The zero-order valence-corrected chi connectivity index (χ0v) is 10.9. The third-order valence-electron chi connectivity index (χ3n) is 2.84. The number of carbonyl (C=O) groups is 1. The Labute approximate surface area is 115 Å². The number of rotatable bonds is 4. The van der Waals surface area contributed by atoms with Gasteiger partial charge in [-0.2, -0.15) is 4.39 Å². The highest BCUT2D eigenvalue weighted by Gasteiger charge is 2.14. The van der Waals surface area contributed by atoms with Crippen LogP contribution in [0, 0.1) is 11.8 Å². The number of hydrogen-bond acceptors (Lipinski definition) is 2. The van der Waals surface area contributed by atoms with Gasteiger partial charge in [0.25, 0.3) is 5.91 Å². The van der Waals surface area contributed by atoms with Crippen molar-refractivity contribution < 1.29 is 13.6 Å². The van der Waals surface area contributed by atoms with Crippen molar-refractivity contribution in [1.29, 1.82) is 0 Å². The summed E-state index contributed by atoms with van der Waals surface area (Å²) in [7, 11) is 0. The van der Waals surface area contributed by atoms with Gasteiger partial charge in [0.05, 0.1) is 5.56 Å². The summed E-state index contributed by atoms with van der Waals surface area (Å²) < 4.78 is 26.1. The number of halogens is 2. The van der Waals surface area contributed by atoms with E-state index in [1.54, 1.807) is 19.1 Å². The molecule has 1 aromatic heterocycles. The van der Waals surface area contributed by atoms with Crippen molar-refractivity contribution in [3.8, 4) is 0 Å². The van der Waals surface area contributed by atoms with Gasteiger partial charge in [0, 0.05) is 12.2 Å². The summed E-state index contributed by atoms with van der Waals surface area (Å²) in [4.78, 5) is 15.3. The van der Waals surface area contributed by atoms with Crippen molar-refractivity contribution in [2.24, 2.45) is 0 Å². The molecule has 1 heterocycles. The summed E-state index contributed by atoms with van der Waals surface area (Å²) in [5, 5.41) is 2.69. The van der Waals surface area contributed by atoms with Crippen LogP contribution in [0.15, 0.2) is 42.6 Å². The van der Waals surface area contributed by atoms with Gasteiger partial charge < -0.3 is 5.32 Å². The second-order valence-electron chi connectivity index (χ2n) is 4.55. The normalized spacial score (nSPS) is 11.9. The maximum Gasteiger partial charge on any atom is 0.256 e. The van der Waals surface area contributed by atoms with Crippen molar-refractivity contribution in [3.63, 3.8) is 0 Å². The van der Waals surface area contributed by atoms with Gasteiger partial charge in [-0.25, -0.2) is 9.37 Å². The van der Waals surface area contributed by atoms with Gasteiger partial charge in [0.15, 0.2) is 0 Å². The van der Waals surface area contributed by atoms with Gasteiger partial charge in [-0.1, -0.05) is 12.1 Å². The number of aromatic nitrogens is 1. The first kappa shape index (κ1) is 14.1. The van der Waals surface area contributed by atoms with Gasteiger partial charge in [-0.3, -0.25) is 4.79 Å². The second kappa shape index (κ2) is 6.23. The van der Waals surface area contributed by atoms with E-state index >= 15 is 0 Å². The Morgan fingerprint density at radius 2 is 1.95 bits per heavy atom. The highest BCUT2D eigenvalue weighted by Crippen LogP contribution is 2.07. The summed E-state index contributed by atoms with van der Waals surface area (Å²) in [5.41, 5.74) is 0.810. The molecule has 1 N–H and O–H groups in total. The molecule has 0 radical (unpaired) electrons. The SMILES string of the molecule is CC(Cc1ccc(F)cc1)NC(=O)c1cccnc1F. The van der Waals surface area contributed by atoms with Crippen molar-refractivity contribution in [2.75, 3.05) is 0 Å². The molecule has 1 atom stereocenters. The number of hydrogen-bond donors (Lipinski definition) is 1. The topological polar surface area (TPSA) is 42.0 Å². The maximum absolute atomic E-state index is 13.3. The molecule has 0 aliphatic carbocycles. The number of benzene rings is 1. The molecule has 0 aliphatic heterocycles. The molecular formula is C15H14F2N2O. The van der Waals surface area contributed by atoms with Gasteiger partial charge in [-0.15, -0.1) is 0 Å². The van der Waals surface area contributed by atoms with E-state index in [2.05, 4.69) is 10.3 Å². The number of carbonyl (C=O) groups excluding carboxylic acids is 1. The zero-order chi connectivity index (χ0) is 14.5. The number of nitrogens with zero attached hydrogens (tertiary/aromatic N) is 1. The van der Waals surface area contributed by atoms with E-state index in [0.717, 1.165) is 5.56 Å². The molecule has 2 rings (SSSR count). The van der Waals surface area contributed by atoms with Crippen LogP contribution in [-0.4, -0.2) is 16.9 Å². The molecule has 5 heteroatoms. The average molecular weight is 276 g/mol. The minimum absolute atomic E-state index is 0.0848. The average Bonchev–Trinajstić information content (AvgIpc) is 2.41. The molecular weight excluding hydrogens is 262 g/mol. The zero-order valence-electron chi connectivity index (χ0n) is 10.9. The largest absolute Gasteiger partial charge is 0.349 e. The number of amides is 1. The molecule has 0 bridgehead atoms. The van der Waals surface area contributed by atoms with Crippen LogP contribution in [0.25, 0.3) is 0 Å². The number of pyridine rings is 1. The second-order valence-corrected chi connectivity index (χ2v) is 4.55. The lowest BCUT2D eigenvalue weighted by atomic mass is 10.1. The van der Waals surface area contributed by atoms with Gasteiger partial charge in [-0.05, 0) is 43.2 Å². The van der Waals surface area contributed by atoms with Crippen LogP contribution in [0.2, 0.25) is 0 Å². The van der Waals surface area contributed by atoms with Gasteiger partial charge >= 0.3 is 0 Å². The van der Waals surface area contributed by atoms with Crippen molar-refractivity contribution in [3.05, 3.63) is 65.5 Å². The van der Waals surface area contributed by atoms with Crippen molar-refractivity contribution in [1.82, 2.24) is 10.3 Å². The van der Waals surface area contributed by atoms with E-state index in [0.29, 0.717) is 6.42 Å². The minimum Gasteiger partial charge on any atom is -0.349 e. The Morgan fingerprint density at radius 3 is 2.60 bits per heavy atom. The molecule has 0 spiro atoms. The van der Waals surface area contributed by atoms with E-state index in [9.17, 15) is 13.6 Å². The summed E-state index contributed by atoms with van der Waals surface area (Å²) in [6.45, 7) is 1.80. The van der Waals surface area contributed by atoms with E-state index in [4.69, 9.17) is 0 Å². The maximum atomic E-state index is 13.3. The molecule has 3 nitrogen and oxygen atoms in total. The molecule has 20 heavy (non-hydrogen) atoms. The molecule has 1 unspecified atom stereocenters. The van der Waals surface area contributed by atoms with Gasteiger partial charge in [0.2, 0.25) is 5.95 Å². The monoisotopic (exact) mass is 276 g/mol. The van der Waals surface area contributed by atoms with Crippen LogP contribution in [0.4, 0.5) is 8.78 Å². The quantitative estimate of drug-likeness (QED) is 0.872. The highest BCUT2D eigenvalue weighted by molar-refractivity contribution is 5.94. The molecule has 104 valence electrons. The Balaban J connectivity index is 1.98. The lowest BCUT2D eigenvalue weighted by Crippen LogP contribution is -2.34. The Kier molecular flexibility index (Phi) is 4.40. The summed E-state index contributed by atoms with van der Waals surface area (Å²) in [6.07, 6.45) is 1.82. The molecule has 0 fully saturated rings. The first-order chi connectivity index (χ1) is 9.56. The standard InChI is InChI=1S/C15H14F2N2O/c1-10(9-11-4-6-12(16)7-5-11)19-15(20)13-3-2-8-18-14(13)17/h2-8,10H,9H2,1H3,(H,19,20). The lowest BCUT2D eigenvalue weighted by Gasteiger charge is -2.14. The van der Waals surface area contributed by atoms with Crippen LogP contribution >= 0.6 is 0 Å². The Bertz CT molecular complexity index is 599. The van der Waals surface area contributed by atoms with Crippen LogP contribution in [-0.2, 0) is 6.42 Å². The summed E-state index contributed by atoms with van der Waals surface area (Å²) in [6, 6.07) is 8.72. The third-order valence-corrected chi connectivity index (χ3v) is 2.84. The number of nitrogens with one attached hydrogen (secondary N) is 1. The fourth-order valence-electron chi connectivity index (χ4n) is 1.88. The van der Waals surface area contributed by atoms with Gasteiger partial charge in [0.1, 0.15) is 5.82 Å². The molecule has 2 aromatic rings. The van der Waals surface area contributed by atoms with Crippen LogP contribution < -0.4 is 5.32 Å². The molecule has 1 amide bonds.